The van der Waals surface area contributed by atoms with Crippen LogP contribution in [0.25, 0.3) is 0 Å². The molecular formula is C26H54NO7+. The molecule has 0 aromatic rings. The molecule has 1 heterocycles. The molecule has 8 nitrogen and oxygen atoms in total. The number of hydrogen-bond acceptors (Lipinski definition) is 7. The van der Waals surface area contributed by atoms with E-state index in [1.165, 1.54) is 64.2 Å². The quantitative estimate of drug-likeness (QED) is 0.153. The summed E-state index contributed by atoms with van der Waals surface area (Å²) in [6, 6.07) is 0. The molecule has 0 amide bonds. The van der Waals surface area contributed by atoms with E-state index in [0.29, 0.717) is 17.6 Å². The lowest BCUT2D eigenvalue weighted by Crippen LogP contribution is -2.59. The first-order valence-electron chi connectivity index (χ1n) is 13.5. The van der Waals surface area contributed by atoms with E-state index in [2.05, 4.69) is 6.92 Å². The molecule has 1 unspecified atom stereocenters. The maximum Gasteiger partial charge on any atom is 0.186 e. The van der Waals surface area contributed by atoms with Gasteiger partial charge in [-0.15, -0.1) is 0 Å². The van der Waals surface area contributed by atoms with Gasteiger partial charge in [-0.25, -0.2) is 0 Å². The van der Waals surface area contributed by atoms with Crippen LogP contribution in [-0.4, -0.2) is 109 Å². The molecule has 0 aromatic heterocycles. The van der Waals surface area contributed by atoms with Gasteiger partial charge in [0, 0.05) is 6.61 Å². The Morgan fingerprint density at radius 2 is 1.29 bits per heavy atom. The lowest BCUT2D eigenvalue weighted by molar-refractivity contribution is -0.873. The van der Waals surface area contributed by atoms with E-state index in [1.807, 2.05) is 21.1 Å². The van der Waals surface area contributed by atoms with Crippen molar-refractivity contribution in [2.75, 3.05) is 47.5 Å². The zero-order valence-corrected chi connectivity index (χ0v) is 22.2. The highest BCUT2D eigenvalue weighted by Crippen LogP contribution is 2.23. The van der Waals surface area contributed by atoms with Crippen LogP contribution in [0.15, 0.2) is 0 Å². The fourth-order valence-electron chi connectivity index (χ4n) is 4.34. The molecule has 0 saturated carbocycles. The van der Waals surface area contributed by atoms with E-state index >= 15 is 0 Å². The minimum absolute atomic E-state index is 0.00237. The molecule has 1 saturated heterocycles. The molecule has 0 bridgehead atoms. The second kappa shape index (κ2) is 18.0. The zero-order valence-electron chi connectivity index (χ0n) is 22.2. The van der Waals surface area contributed by atoms with E-state index in [-0.39, 0.29) is 13.2 Å². The molecule has 0 spiro atoms. The first-order valence-corrected chi connectivity index (χ1v) is 13.5. The van der Waals surface area contributed by atoms with Gasteiger partial charge in [0.15, 0.2) is 6.29 Å². The number of aliphatic hydroxyl groups excluding tert-OH is 4. The topological polar surface area (TPSA) is 109 Å². The summed E-state index contributed by atoms with van der Waals surface area (Å²) in [6.45, 7) is 3.30. The van der Waals surface area contributed by atoms with Gasteiger partial charge in [0.05, 0.1) is 34.4 Å². The van der Waals surface area contributed by atoms with Crippen molar-refractivity contribution in [3.8, 4) is 0 Å². The number of ether oxygens (including phenoxy) is 3. The molecule has 34 heavy (non-hydrogen) atoms. The molecule has 1 rings (SSSR count). The Bertz CT molecular complexity index is 488. The summed E-state index contributed by atoms with van der Waals surface area (Å²) in [6.07, 6.45) is 8.60. The van der Waals surface area contributed by atoms with Gasteiger partial charge < -0.3 is 39.1 Å². The van der Waals surface area contributed by atoms with Crippen molar-refractivity contribution in [1.82, 2.24) is 0 Å². The summed E-state index contributed by atoms with van der Waals surface area (Å²) in [5.41, 5.74) is 0. The third kappa shape index (κ3) is 14.3. The smallest absolute Gasteiger partial charge is 0.186 e. The van der Waals surface area contributed by atoms with Gasteiger partial charge in [0.2, 0.25) is 0 Å². The summed E-state index contributed by atoms with van der Waals surface area (Å²) in [5, 5.41) is 40.7. The SMILES string of the molecule is CCCCCCCCCCCCCCO[C@@H]1O[C@H](COCC(O)C[N+](C)(C)C)[C@@H](O)[C@H](O)[C@H]1O. The fraction of sp³-hybridized carbons (Fsp3) is 1.00. The average molecular weight is 493 g/mol. The van der Waals surface area contributed by atoms with Crippen molar-refractivity contribution in [1.29, 1.82) is 0 Å². The zero-order chi connectivity index (χ0) is 25.4. The Hall–Kier alpha value is -0.320. The largest absolute Gasteiger partial charge is 0.387 e. The van der Waals surface area contributed by atoms with E-state index in [1.54, 1.807) is 0 Å². The van der Waals surface area contributed by atoms with Gasteiger partial charge in [-0.1, -0.05) is 77.6 Å². The van der Waals surface area contributed by atoms with Gasteiger partial charge in [-0.3, -0.25) is 0 Å². The highest BCUT2D eigenvalue weighted by Gasteiger charge is 2.44. The number of aliphatic hydroxyl groups is 4. The minimum atomic E-state index is -1.37. The Kier molecular flexibility index (Phi) is 16.8. The maximum absolute atomic E-state index is 10.2. The number of hydrogen-bond donors (Lipinski definition) is 4. The van der Waals surface area contributed by atoms with Crippen LogP contribution in [-0.2, 0) is 14.2 Å². The van der Waals surface area contributed by atoms with E-state index < -0.39 is 36.8 Å². The van der Waals surface area contributed by atoms with Crippen molar-refractivity contribution < 1.29 is 39.1 Å². The molecule has 8 heteroatoms. The standard InChI is InChI=1S/C26H54NO7/c1-5-6-7-8-9-10-11-12-13-14-15-16-17-33-26-25(31)24(30)23(29)22(34-26)20-32-19-21(28)18-27(2,3)4/h21-26,28-31H,5-20H2,1-4H3/q+1/t21?,22-,23-,24+,25-,26-/m1/s1. The number of quaternary nitrogens is 1. The molecule has 204 valence electrons. The van der Waals surface area contributed by atoms with E-state index in [4.69, 9.17) is 14.2 Å². The van der Waals surface area contributed by atoms with E-state index in [0.717, 1.165) is 12.8 Å². The van der Waals surface area contributed by atoms with Gasteiger partial charge in [-0.05, 0) is 6.42 Å². The molecular weight excluding hydrogens is 438 g/mol. The third-order valence-electron chi connectivity index (χ3n) is 6.30. The molecule has 1 aliphatic rings. The average Bonchev–Trinajstić information content (AvgIpc) is 2.76. The third-order valence-corrected chi connectivity index (χ3v) is 6.30. The van der Waals surface area contributed by atoms with Gasteiger partial charge in [0.1, 0.15) is 37.1 Å². The summed E-state index contributed by atoms with van der Waals surface area (Å²) in [5.74, 6) is 0. The predicted octanol–water partition coefficient (Wildman–Crippen LogP) is 2.60. The van der Waals surface area contributed by atoms with Gasteiger partial charge >= 0.3 is 0 Å². The number of unbranched alkanes of at least 4 members (excludes halogenated alkanes) is 11. The van der Waals surface area contributed by atoms with Crippen molar-refractivity contribution in [3.05, 3.63) is 0 Å². The van der Waals surface area contributed by atoms with Crippen LogP contribution in [0.2, 0.25) is 0 Å². The van der Waals surface area contributed by atoms with Crippen molar-refractivity contribution in [2.45, 2.75) is 121 Å². The summed E-state index contributed by atoms with van der Waals surface area (Å²) >= 11 is 0. The van der Waals surface area contributed by atoms with Crippen molar-refractivity contribution in [2.24, 2.45) is 0 Å². The predicted molar refractivity (Wildman–Crippen MR) is 133 cm³/mol. The Morgan fingerprint density at radius 3 is 1.82 bits per heavy atom. The van der Waals surface area contributed by atoms with Crippen LogP contribution in [0.3, 0.4) is 0 Å². The van der Waals surface area contributed by atoms with Crippen LogP contribution < -0.4 is 0 Å². The fourth-order valence-corrected chi connectivity index (χ4v) is 4.34. The highest BCUT2D eigenvalue weighted by molar-refractivity contribution is 4.89. The van der Waals surface area contributed by atoms with Crippen LogP contribution in [0.4, 0.5) is 0 Å². The molecule has 0 radical (unpaired) electrons. The van der Waals surface area contributed by atoms with Crippen LogP contribution in [0.1, 0.15) is 84.0 Å². The normalized spacial score (nSPS) is 26.6. The molecule has 1 aliphatic heterocycles. The van der Waals surface area contributed by atoms with Gasteiger partial charge in [-0.2, -0.15) is 0 Å². The monoisotopic (exact) mass is 492 g/mol. The van der Waals surface area contributed by atoms with Gasteiger partial charge in [0.25, 0.3) is 0 Å². The number of likely N-dealkylation sites (N-methyl/N-ethyl adjacent to an activating group) is 1. The Balaban J connectivity index is 2.16. The summed E-state index contributed by atoms with van der Waals surface area (Å²) < 4.78 is 17.5. The first-order chi connectivity index (χ1) is 16.2. The highest BCUT2D eigenvalue weighted by atomic mass is 16.7. The minimum Gasteiger partial charge on any atom is -0.387 e. The van der Waals surface area contributed by atoms with Crippen molar-refractivity contribution >= 4 is 0 Å². The van der Waals surface area contributed by atoms with Crippen LogP contribution in [0.5, 0.6) is 0 Å². The second-order valence-corrected chi connectivity index (χ2v) is 10.9. The lowest BCUT2D eigenvalue weighted by atomic mass is 9.99. The maximum atomic E-state index is 10.2. The lowest BCUT2D eigenvalue weighted by Gasteiger charge is -2.40. The van der Waals surface area contributed by atoms with E-state index in [9.17, 15) is 20.4 Å². The number of rotatable bonds is 20. The number of nitrogens with zero attached hydrogens (tertiary/aromatic N) is 1. The Labute approximate surface area is 207 Å². The molecule has 0 aromatic carbocycles. The van der Waals surface area contributed by atoms with Crippen LogP contribution >= 0.6 is 0 Å². The summed E-state index contributed by atoms with van der Waals surface area (Å²) in [7, 11) is 5.94. The molecule has 1 fully saturated rings. The first kappa shape index (κ1) is 31.7. The van der Waals surface area contributed by atoms with Crippen LogP contribution in [0, 0.1) is 0 Å². The molecule has 4 N–H and O–H groups in total. The molecule has 6 atom stereocenters. The second-order valence-electron chi connectivity index (χ2n) is 10.9. The summed E-state index contributed by atoms with van der Waals surface area (Å²) in [4.78, 5) is 0. The Morgan fingerprint density at radius 1 is 0.765 bits per heavy atom. The molecule has 0 aliphatic carbocycles. The van der Waals surface area contributed by atoms with Crippen molar-refractivity contribution in [3.63, 3.8) is 0 Å².